The molecule has 0 saturated heterocycles. The van der Waals surface area contributed by atoms with Crippen LogP contribution < -0.4 is 0 Å². The van der Waals surface area contributed by atoms with Gasteiger partial charge in [0, 0.05) is 18.7 Å². The van der Waals surface area contributed by atoms with Crippen molar-refractivity contribution in [3.63, 3.8) is 0 Å². The van der Waals surface area contributed by atoms with Gasteiger partial charge in [-0.15, -0.1) is 0 Å². The van der Waals surface area contributed by atoms with E-state index < -0.39 is 0 Å². The summed E-state index contributed by atoms with van der Waals surface area (Å²) in [7, 11) is 2.05. The lowest BCUT2D eigenvalue weighted by atomic mass is 10.1. The quantitative estimate of drug-likeness (QED) is 0.684. The first-order valence-corrected chi connectivity index (χ1v) is 5.33. The Bertz CT molecular complexity index is 259. The normalized spacial score (nSPS) is 15.1. The molecule has 1 aromatic heterocycles. The summed E-state index contributed by atoms with van der Waals surface area (Å²) in [5, 5.41) is 4.27. The zero-order valence-electron chi connectivity index (χ0n) is 9.17. The Labute approximate surface area is 81.0 Å². The minimum absolute atomic E-state index is 0.831. The number of rotatable bonds is 2. The summed E-state index contributed by atoms with van der Waals surface area (Å²) in [6.45, 7) is 6.20. The average Bonchev–Trinajstić information content (AvgIpc) is 2.94. The van der Waals surface area contributed by atoms with Crippen LogP contribution in [-0.4, -0.2) is 9.78 Å². The van der Waals surface area contributed by atoms with Gasteiger partial charge in [0.1, 0.15) is 0 Å². The summed E-state index contributed by atoms with van der Waals surface area (Å²) in [5.74, 6) is 0.831. The molecule has 0 spiro atoms. The van der Waals surface area contributed by atoms with Gasteiger partial charge in [-0.3, -0.25) is 4.68 Å². The van der Waals surface area contributed by atoms with Gasteiger partial charge in [0.15, 0.2) is 0 Å². The molecule has 1 saturated carbocycles. The van der Waals surface area contributed by atoms with Crippen molar-refractivity contribution >= 4 is 0 Å². The number of aryl methyl sites for hydroxylation is 2. The Balaban J connectivity index is 0.000000396. The summed E-state index contributed by atoms with van der Waals surface area (Å²) in [4.78, 5) is 0. The molecular formula is C11H20N2. The van der Waals surface area contributed by atoms with Gasteiger partial charge in [0.05, 0.1) is 6.20 Å². The summed E-state index contributed by atoms with van der Waals surface area (Å²) in [6, 6.07) is 0. The van der Waals surface area contributed by atoms with E-state index in [0.29, 0.717) is 0 Å². The summed E-state index contributed by atoms with van der Waals surface area (Å²) in [5.41, 5.74) is 2.92. The van der Waals surface area contributed by atoms with Crippen LogP contribution in [0.1, 0.15) is 50.8 Å². The van der Waals surface area contributed by atoms with Crippen molar-refractivity contribution in [3.8, 4) is 0 Å². The molecule has 2 rings (SSSR count). The van der Waals surface area contributed by atoms with Crippen molar-refractivity contribution in [1.82, 2.24) is 9.78 Å². The van der Waals surface area contributed by atoms with Gasteiger partial charge in [-0.05, 0) is 24.8 Å². The second-order valence-corrected chi connectivity index (χ2v) is 3.31. The second kappa shape index (κ2) is 4.45. The van der Waals surface area contributed by atoms with Crippen LogP contribution in [0, 0.1) is 0 Å². The van der Waals surface area contributed by atoms with Gasteiger partial charge in [-0.2, -0.15) is 5.10 Å². The van der Waals surface area contributed by atoms with Crippen LogP contribution in [0.5, 0.6) is 0 Å². The van der Waals surface area contributed by atoms with E-state index in [-0.39, 0.29) is 0 Å². The largest absolute Gasteiger partial charge is 0.272 e. The Kier molecular flexibility index (Phi) is 3.52. The van der Waals surface area contributed by atoms with Gasteiger partial charge in [0.2, 0.25) is 0 Å². The first kappa shape index (κ1) is 10.3. The predicted molar refractivity (Wildman–Crippen MR) is 55.9 cm³/mol. The van der Waals surface area contributed by atoms with E-state index in [2.05, 4.69) is 12.0 Å². The molecule has 1 heterocycles. The van der Waals surface area contributed by atoms with Crippen LogP contribution >= 0.6 is 0 Å². The molecule has 74 valence electrons. The first-order chi connectivity index (χ1) is 6.33. The molecule has 1 aliphatic carbocycles. The lowest BCUT2D eigenvalue weighted by Crippen LogP contribution is -1.97. The maximum Gasteiger partial charge on any atom is 0.0524 e. The third kappa shape index (κ3) is 2.11. The molecule has 0 N–H and O–H groups in total. The number of nitrogens with zero attached hydrogens (tertiary/aromatic N) is 2. The molecule has 0 bridgehead atoms. The van der Waals surface area contributed by atoms with Gasteiger partial charge in [0.25, 0.3) is 0 Å². The summed E-state index contributed by atoms with van der Waals surface area (Å²) >= 11 is 0. The van der Waals surface area contributed by atoms with E-state index >= 15 is 0 Å². The Morgan fingerprint density at radius 3 is 2.54 bits per heavy atom. The van der Waals surface area contributed by atoms with Crippen molar-refractivity contribution in [2.24, 2.45) is 7.05 Å². The highest BCUT2D eigenvalue weighted by atomic mass is 15.3. The molecule has 2 heteroatoms. The molecule has 0 atom stereocenters. The predicted octanol–water partition coefficient (Wildman–Crippen LogP) is 2.89. The molecule has 2 nitrogen and oxygen atoms in total. The van der Waals surface area contributed by atoms with Crippen molar-refractivity contribution in [2.45, 2.75) is 46.0 Å². The Morgan fingerprint density at radius 1 is 1.46 bits per heavy atom. The van der Waals surface area contributed by atoms with Crippen LogP contribution in [0.25, 0.3) is 0 Å². The van der Waals surface area contributed by atoms with E-state index in [0.717, 1.165) is 12.3 Å². The van der Waals surface area contributed by atoms with Crippen LogP contribution in [0.2, 0.25) is 0 Å². The van der Waals surface area contributed by atoms with Gasteiger partial charge >= 0.3 is 0 Å². The third-order valence-electron chi connectivity index (χ3n) is 2.41. The number of hydrogen-bond acceptors (Lipinski definition) is 1. The number of aromatic nitrogens is 2. The number of hydrogen-bond donors (Lipinski definition) is 0. The van der Waals surface area contributed by atoms with Crippen LogP contribution in [-0.2, 0) is 13.5 Å². The van der Waals surface area contributed by atoms with Crippen LogP contribution in [0.15, 0.2) is 6.20 Å². The minimum Gasteiger partial charge on any atom is -0.272 e. The van der Waals surface area contributed by atoms with E-state index in [4.69, 9.17) is 0 Å². The van der Waals surface area contributed by atoms with E-state index in [1.165, 1.54) is 24.1 Å². The third-order valence-corrected chi connectivity index (χ3v) is 2.41. The maximum absolute atomic E-state index is 4.27. The fraction of sp³-hybridized carbons (Fsp3) is 0.727. The highest BCUT2D eigenvalue weighted by molar-refractivity contribution is 5.25. The molecule has 0 aromatic carbocycles. The standard InChI is InChI=1S/C9H14N2.C2H6/c1-3-7-6-10-11(2)9(7)8-4-5-8;1-2/h6,8H,3-5H2,1-2H3;1-2H3. The minimum atomic E-state index is 0.831. The first-order valence-electron chi connectivity index (χ1n) is 5.33. The SMILES string of the molecule is CC.CCc1cnn(C)c1C1CC1. The second-order valence-electron chi connectivity index (χ2n) is 3.31. The highest BCUT2D eigenvalue weighted by Crippen LogP contribution is 2.41. The molecule has 1 aliphatic rings. The van der Waals surface area contributed by atoms with E-state index in [1.54, 1.807) is 0 Å². The van der Waals surface area contributed by atoms with E-state index in [1.807, 2.05) is 31.8 Å². The average molecular weight is 180 g/mol. The van der Waals surface area contributed by atoms with E-state index in [9.17, 15) is 0 Å². The smallest absolute Gasteiger partial charge is 0.0524 e. The lowest BCUT2D eigenvalue weighted by Gasteiger charge is -2.00. The molecule has 13 heavy (non-hydrogen) atoms. The lowest BCUT2D eigenvalue weighted by molar-refractivity contribution is 0.710. The van der Waals surface area contributed by atoms with Crippen molar-refractivity contribution in [2.75, 3.05) is 0 Å². The topological polar surface area (TPSA) is 17.8 Å². The molecule has 0 aliphatic heterocycles. The summed E-state index contributed by atoms with van der Waals surface area (Å²) in [6.07, 6.45) is 5.87. The van der Waals surface area contributed by atoms with Crippen LogP contribution in [0.3, 0.4) is 0 Å². The van der Waals surface area contributed by atoms with Crippen molar-refractivity contribution in [1.29, 1.82) is 0 Å². The van der Waals surface area contributed by atoms with Gasteiger partial charge in [-0.25, -0.2) is 0 Å². The highest BCUT2D eigenvalue weighted by Gasteiger charge is 2.28. The maximum atomic E-state index is 4.27. The van der Waals surface area contributed by atoms with Crippen molar-refractivity contribution in [3.05, 3.63) is 17.5 Å². The summed E-state index contributed by atoms with van der Waals surface area (Å²) < 4.78 is 2.04. The van der Waals surface area contributed by atoms with Gasteiger partial charge in [-0.1, -0.05) is 20.8 Å². The zero-order valence-corrected chi connectivity index (χ0v) is 9.17. The Morgan fingerprint density at radius 2 is 2.08 bits per heavy atom. The van der Waals surface area contributed by atoms with Crippen LogP contribution in [0.4, 0.5) is 0 Å². The Hall–Kier alpha value is -0.790. The molecule has 1 fully saturated rings. The molecular weight excluding hydrogens is 160 g/mol. The van der Waals surface area contributed by atoms with Gasteiger partial charge < -0.3 is 0 Å². The molecule has 0 amide bonds. The fourth-order valence-corrected chi connectivity index (χ4v) is 1.65. The van der Waals surface area contributed by atoms with Crippen molar-refractivity contribution < 1.29 is 0 Å². The molecule has 0 radical (unpaired) electrons. The monoisotopic (exact) mass is 180 g/mol. The zero-order chi connectivity index (χ0) is 9.84. The fourth-order valence-electron chi connectivity index (χ4n) is 1.65. The molecule has 0 unspecified atom stereocenters. The molecule has 1 aromatic rings.